The second-order valence-corrected chi connectivity index (χ2v) is 6.60. The van der Waals surface area contributed by atoms with E-state index in [0.717, 1.165) is 39.3 Å². The number of likely N-dealkylation sites (N-methyl/N-ethyl adjacent to an activating group) is 1. The molecule has 0 aromatic carbocycles. The maximum absolute atomic E-state index is 12.4. The quantitative estimate of drug-likeness (QED) is 0.818. The molecule has 0 saturated carbocycles. The highest BCUT2D eigenvalue weighted by atomic mass is 16.3. The first kappa shape index (κ1) is 15.5. The standard InChI is InChI=1S/C16H26N4O2/c1-18-5-7-19(8-6-18)9-13-10-20(11-14(13)12-21)16(22)15-3-2-4-17-15/h2-4,13-14,17,21H,5-12H2,1H3. The van der Waals surface area contributed by atoms with Gasteiger partial charge < -0.3 is 24.8 Å². The van der Waals surface area contributed by atoms with Crippen LogP contribution in [-0.2, 0) is 0 Å². The van der Waals surface area contributed by atoms with E-state index < -0.39 is 0 Å². The lowest BCUT2D eigenvalue weighted by molar-refractivity contribution is 0.0772. The zero-order valence-corrected chi connectivity index (χ0v) is 13.2. The van der Waals surface area contributed by atoms with Crippen LogP contribution in [0.3, 0.4) is 0 Å². The Bertz CT molecular complexity index is 482. The Labute approximate surface area is 131 Å². The van der Waals surface area contributed by atoms with Crippen LogP contribution in [0.4, 0.5) is 0 Å². The summed E-state index contributed by atoms with van der Waals surface area (Å²) in [6.45, 7) is 6.90. The predicted octanol–water partition coefficient (Wildman–Crippen LogP) is -0.0574. The van der Waals surface area contributed by atoms with E-state index in [0.29, 0.717) is 18.2 Å². The van der Waals surface area contributed by atoms with Crippen LogP contribution >= 0.6 is 0 Å². The molecule has 2 aliphatic heterocycles. The average Bonchev–Trinajstić information content (AvgIpc) is 3.18. The van der Waals surface area contributed by atoms with Crippen molar-refractivity contribution in [3.63, 3.8) is 0 Å². The fraction of sp³-hybridized carbons (Fsp3) is 0.688. The number of amides is 1. The molecule has 2 saturated heterocycles. The summed E-state index contributed by atoms with van der Waals surface area (Å²) in [5, 5.41) is 9.67. The van der Waals surface area contributed by atoms with E-state index >= 15 is 0 Å². The number of piperazine rings is 1. The molecule has 1 aromatic rings. The number of carbonyl (C=O) groups is 1. The highest BCUT2D eigenvalue weighted by molar-refractivity contribution is 5.92. The second kappa shape index (κ2) is 6.81. The first-order valence-corrected chi connectivity index (χ1v) is 8.12. The summed E-state index contributed by atoms with van der Waals surface area (Å²) in [7, 11) is 2.15. The van der Waals surface area contributed by atoms with Crippen LogP contribution in [0.1, 0.15) is 10.5 Å². The SMILES string of the molecule is CN1CCN(CC2CN(C(=O)c3ccc[nH]3)CC2CO)CC1. The number of aliphatic hydroxyl groups excluding tert-OH is 1. The molecule has 122 valence electrons. The largest absolute Gasteiger partial charge is 0.396 e. The summed E-state index contributed by atoms with van der Waals surface area (Å²) >= 11 is 0. The lowest BCUT2D eigenvalue weighted by Gasteiger charge is -2.34. The van der Waals surface area contributed by atoms with Gasteiger partial charge in [0, 0.05) is 64.5 Å². The Hall–Kier alpha value is -1.37. The third kappa shape index (κ3) is 3.34. The lowest BCUT2D eigenvalue weighted by Crippen LogP contribution is -2.47. The van der Waals surface area contributed by atoms with Gasteiger partial charge in [0.2, 0.25) is 0 Å². The molecule has 2 fully saturated rings. The van der Waals surface area contributed by atoms with Gasteiger partial charge in [0.15, 0.2) is 0 Å². The van der Waals surface area contributed by atoms with Gasteiger partial charge in [-0.05, 0) is 25.1 Å². The van der Waals surface area contributed by atoms with Crippen molar-refractivity contribution in [1.82, 2.24) is 19.7 Å². The summed E-state index contributed by atoms with van der Waals surface area (Å²) in [5.74, 6) is 0.607. The van der Waals surface area contributed by atoms with E-state index in [1.165, 1.54) is 0 Å². The fourth-order valence-corrected chi connectivity index (χ4v) is 3.51. The molecule has 0 spiro atoms. The Balaban J connectivity index is 1.59. The van der Waals surface area contributed by atoms with Gasteiger partial charge in [-0.25, -0.2) is 0 Å². The molecule has 2 atom stereocenters. The molecule has 3 rings (SSSR count). The number of aromatic amines is 1. The summed E-state index contributed by atoms with van der Waals surface area (Å²) in [6.07, 6.45) is 1.77. The maximum atomic E-state index is 12.4. The number of hydrogen-bond donors (Lipinski definition) is 2. The zero-order valence-electron chi connectivity index (χ0n) is 13.2. The minimum absolute atomic E-state index is 0.0457. The number of carbonyl (C=O) groups excluding carboxylic acids is 1. The summed E-state index contributed by atoms with van der Waals surface area (Å²) in [5.41, 5.74) is 0.636. The summed E-state index contributed by atoms with van der Waals surface area (Å²) in [4.78, 5) is 22.1. The van der Waals surface area contributed by atoms with E-state index in [2.05, 4.69) is 21.8 Å². The molecule has 0 radical (unpaired) electrons. The summed E-state index contributed by atoms with van der Waals surface area (Å²) < 4.78 is 0. The highest BCUT2D eigenvalue weighted by Crippen LogP contribution is 2.25. The van der Waals surface area contributed by atoms with Crippen molar-refractivity contribution in [3.05, 3.63) is 24.0 Å². The van der Waals surface area contributed by atoms with Crippen molar-refractivity contribution in [2.75, 3.05) is 59.5 Å². The second-order valence-electron chi connectivity index (χ2n) is 6.60. The lowest BCUT2D eigenvalue weighted by atomic mass is 9.96. The van der Waals surface area contributed by atoms with E-state index in [1.807, 2.05) is 17.0 Å². The number of likely N-dealkylation sites (tertiary alicyclic amines) is 1. The molecule has 22 heavy (non-hydrogen) atoms. The average molecular weight is 306 g/mol. The van der Waals surface area contributed by atoms with Crippen LogP contribution in [-0.4, -0.2) is 90.2 Å². The van der Waals surface area contributed by atoms with Gasteiger partial charge in [0.1, 0.15) is 5.69 Å². The van der Waals surface area contributed by atoms with Crippen LogP contribution in [0.15, 0.2) is 18.3 Å². The molecule has 0 aliphatic carbocycles. The van der Waals surface area contributed by atoms with Crippen LogP contribution in [0.5, 0.6) is 0 Å². The van der Waals surface area contributed by atoms with Gasteiger partial charge in [0.25, 0.3) is 5.91 Å². The van der Waals surface area contributed by atoms with Crippen LogP contribution in [0, 0.1) is 11.8 Å². The number of hydrogen-bond acceptors (Lipinski definition) is 4. The number of nitrogens with one attached hydrogen (secondary N) is 1. The van der Waals surface area contributed by atoms with Crippen molar-refractivity contribution in [2.45, 2.75) is 0 Å². The Morgan fingerprint density at radius 1 is 1.27 bits per heavy atom. The minimum atomic E-state index is 0.0457. The molecule has 1 aromatic heterocycles. The van der Waals surface area contributed by atoms with Gasteiger partial charge in [-0.2, -0.15) is 0 Å². The minimum Gasteiger partial charge on any atom is -0.396 e. The number of rotatable bonds is 4. The molecular formula is C16H26N4O2. The van der Waals surface area contributed by atoms with E-state index in [1.54, 1.807) is 6.20 Å². The molecular weight excluding hydrogens is 280 g/mol. The van der Waals surface area contributed by atoms with Crippen LogP contribution in [0.25, 0.3) is 0 Å². The summed E-state index contributed by atoms with van der Waals surface area (Å²) in [6, 6.07) is 3.65. The van der Waals surface area contributed by atoms with Gasteiger partial charge in [-0.3, -0.25) is 4.79 Å². The van der Waals surface area contributed by atoms with E-state index in [-0.39, 0.29) is 18.4 Å². The number of aromatic nitrogens is 1. The maximum Gasteiger partial charge on any atom is 0.270 e. The topological polar surface area (TPSA) is 62.8 Å². The molecule has 2 aliphatic rings. The van der Waals surface area contributed by atoms with Gasteiger partial charge in [-0.1, -0.05) is 0 Å². The molecule has 0 bridgehead atoms. The van der Waals surface area contributed by atoms with E-state index in [9.17, 15) is 9.90 Å². The number of nitrogens with zero attached hydrogens (tertiary/aromatic N) is 3. The smallest absolute Gasteiger partial charge is 0.270 e. The van der Waals surface area contributed by atoms with Crippen molar-refractivity contribution in [2.24, 2.45) is 11.8 Å². The Morgan fingerprint density at radius 2 is 2.00 bits per heavy atom. The number of H-pyrrole nitrogens is 1. The first-order chi connectivity index (χ1) is 10.7. The third-order valence-corrected chi connectivity index (χ3v) is 5.02. The van der Waals surface area contributed by atoms with Crippen molar-refractivity contribution in [1.29, 1.82) is 0 Å². The van der Waals surface area contributed by atoms with Gasteiger partial charge >= 0.3 is 0 Å². The van der Waals surface area contributed by atoms with Crippen LogP contribution < -0.4 is 0 Å². The molecule has 6 nitrogen and oxygen atoms in total. The fourth-order valence-electron chi connectivity index (χ4n) is 3.51. The molecule has 6 heteroatoms. The molecule has 3 heterocycles. The first-order valence-electron chi connectivity index (χ1n) is 8.12. The molecule has 1 amide bonds. The molecule has 2 unspecified atom stereocenters. The Morgan fingerprint density at radius 3 is 2.64 bits per heavy atom. The van der Waals surface area contributed by atoms with Crippen LogP contribution in [0.2, 0.25) is 0 Å². The molecule has 2 N–H and O–H groups in total. The highest BCUT2D eigenvalue weighted by Gasteiger charge is 2.36. The van der Waals surface area contributed by atoms with Crippen molar-refractivity contribution < 1.29 is 9.90 Å². The normalized spacial score (nSPS) is 27.5. The number of aliphatic hydroxyl groups is 1. The van der Waals surface area contributed by atoms with E-state index in [4.69, 9.17) is 0 Å². The third-order valence-electron chi connectivity index (χ3n) is 5.02. The van der Waals surface area contributed by atoms with Gasteiger partial charge in [-0.15, -0.1) is 0 Å². The van der Waals surface area contributed by atoms with Crippen molar-refractivity contribution >= 4 is 5.91 Å². The zero-order chi connectivity index (χ0) is 15.5. The Kier molecular flexibility index (Phi) is 4.81. The van der Waals surface area contributed by atoms with Gasteiger partial charge in [0.05, 0.1) is 0 Å². The van der Waals surface area contributed by atoms with Crippen molar-refractivity contribution in [3.8, 4) is 0 Å². The monoisotopic (exact) mass is 306 g/mol. The predicted molar refractivity (Wildman–Crippen MR) is 84.7 cm³/mol.